The van der Waals surface area contributed by atoms with Crippen LogP contribution in [0.15, 0.2) is 42.7 Å². The van der Waals surface area contributed by atoms with Gasteiger partial charge in [0.15, 0.2) is 0 Å². The van der Waals surface area contributed by atoms with E-state index in [9.17, 15) is 9.59 Å². The zero-order valence-electron chi connectivity index (χ0n) is 11.8. The molecule has 1 saturated heterocycles. The van der Waals surface area contributed by atoms with Gasteiger partial charge < -0.3 is 9.64 Å². The van der Waals surface area contributed by atoms with Crippen molar-refractivity contribution in [3.8, 4) is 5.69 Å². The number of carbonyl (C=O) groups excluding carboxylic acids is 2. The highest BCUT2D eigenvalue weighted by Crippen LogP contribution is 2.15. The molecule has 1 aliphatic rings. The Morgan fingerprint density at radius 1 is 1.32 bits per heavy atom. The number of hydrogen-bond donors (Lipinski definition) is 0. The molecule has 22 heavy (non-hydrogen) atoms. The molecule has 0 N–H and O–H groups in total. The van der Waals surface area contributed by atoms with E-state index in [0.717, 1.165) is 11.3 Å². The van der Waals surface area contributed by atoms with Crippen LogP contribution in [0, 0.1) is 0 Å². The van der Waals surface area contributed by atoms with Gasteiger partial charge in [-0.3, -0.25) is 9.59 Å². The fourth-order valence-corrected chi connectivity index (χ4v) is 2.98. The first-order valence-corrected chi connectivity index (χ1v) is 7.98. The average Bonchev–Trinajstić information content (AvgIpc) is 3.18. The van der Waals surface area contributed by atoms with E-state index in [-0.39, 0.29) is 25.0 Å². The molecule has 7 heteroatoms. The van der Waals surface area contributed by atoms with E-state index in [1.807, 2.05) is 36.5 Å². The Labute approximate surface area is 132 Å². The normalized spacial score (nSPS) is 14.4. The quantitative estimate of drug-likeness (QED) is 0.781. The summed E-state index contributed by atoms with van der Waals surface area (Å²) in [6.45, 7) is 0.227. The summed E-state index contributed by atoms with van der Waals surface area (Å²) < 4.78 is 6.96. The zero-order valence-corrected chi connectivity index (χ0v) is 12.7. The van der Waals surface area contributed by atoms with Crippen LogP contribution in [0.1, 0.15) is 5.56 Å². The Bertz CT molecular complexity index is 655. The van der Waals surface area contributed by atoms with Gasteiger partial charge in [0, 0.05) is 12.4 Å². The lowest BCUT2D eigenvalue weighted by Gasteiger charge is -2.13. The van der Waals surface area contributed by atoms with Gasteiger partial charge in [0.25, 0.3) is 0 Å². The maximum atomic E-state index is 11.7. The lowest BCUT2D eigenvalue weighted by molar-refractivity contribution is -0.148. The number of amides is 1. The Kier molecular flexibility index (Phi) is 4.43. The molecule has 1 aliphatic heterocycles. The molecule has 1 aromatic carbocycles. The fourth-order valence-electron chi connectivity index (χ4n) is 2.07. The molecule has 0 radical (unpaired) electrons. The molecule has 1 fully saturated rings. The summed E-state index contributed by atoms with van der Waals surface area (Å²) in [6, 6.07) is 9.46. The van der Waals surface area contributed by atoms with Crippen molar-refractivity contribution in [2.45, 2.75) is 6.61 Å². The highest BCUT2D eigenvalue weighted by atomic mass is 32.2. The number of rotatable bonds is 5. The van der Waals surface area contributed by atoms with Gasteiger partial charge in [0.2, 0.25) is 5.91 Å². The summed E-state index contributed by atoms with van der Waals surface area (Å²) in [5.41, 5.74) is 1.84. The van der Waals surface area contributed by atoms with Gasteiger partial charge in [-0.15, -0.1) is 11.8 Å². The second-order valence-electron chi connectivity index (χ2n) is 4.85. The van der Waals surface area contributed by atoms with Crippen molar-refractivity contribution in [2.75, 3.05) is 18.2 Å². The number of benzene rings is 1. The number of esters is 1. The predicted molar refractivity (Wildman–Crippen MR) is 82.4 cm³/mol. The summed E-state index contributed by atoms with van der Waals surface area (Å²) in [7, 11) is 0. The van der Waals surface area contributed by atoms with E-state index in [2.05, 4.69) is 5.10 Å². The second kappa shape index (κ2) is 6.65. The molecule has 0 bridgehead atoms. The zero-order chi connectivity index (χ0) is 15.4. The molecule has 1 aromatic heterocycles. The largest absolute Gasteiger partial charge is 0.459 e. The first-order chi connectivity index (χ1) is 10.7. The first-order valence-electron chi connectivity index (χ1n) is 6.82. The van der Waals surface area contributed by atoms with Crippen LogP contribution in [0.4, 0.5) is 0 Å². The van der Waals surface area contributed by atoms with E-state index in [1.165, 1.54) is 16.7 Å². The van der Waals surface area contributed by atoms with Crippen molar-refractivity contribution in [3.63, 3.8) is 0 Å². The van der Waals surface area contributed by atoms with E-state index in [1.54, 1.807) is 10.9 Å². The van der Waals surface area contributed by atoms with Crippen molar-refractivity contribution < 1.29 is 14.3 Å². The van der Waals surface area contributed by atoms with E-state index in [4.69, 9.17) is 4.74 Å². The SMILES string of the molecule is O=C(CN1CSCC1=O)OCc1ccc(-n2cccn2)cc1. The number of carbonyl (C=O) groups is 2. The van der Waals surface area contributed by atoms with Gasteiger partial charge in [-0.1, -0.05) is 12.1 Å². The lowest BCUT2D eigenvalue weighted by atomic mass is 10.2. The highest BCUT2D eigenvalue weighted by Gasteiger charge is 2.23. The number of nitrogens with zero attached hydrogens (tertiary/aromatic N) is 3. The minimum absolute atomic E-state index is 0.00877. The van der Waals surface area contributed by atoms with Gasteiger partial charge in [-0.25, -0.2) is 4.68 Å². The number of hydrogen-bond acceptors (Lipinski definition) is 5. The maximum Gasteiger partial charge on any atom is 0.326 e. The van der Waals surface area contributed by atoms with Crippen LogP contribution in [0.25, 0.3) is 5.69 Å². The minimum Gasteiger partial charge on any atom is -0.459 e. The lowest BCUT2D eigenvalue weighted by Crippen LogP contribution is -2.32. The second-order valence-corrected chi connectivity index (χ2v) is 5.80. The number of ether oxygens (including phenoxy) is 1. The smallest absolute Gasteiger partial charge is 0.326 e. The molecule has 114 valence electrons. The molecule has 0 atom stereocenters. The van der Waals surface area contributed by atoms with Crippen molar-refractivity contribution in [3.05, 3.63) is 48.3 Å². The molecular weight excluding hydrogens is 302 g/mol. The first kappa shape index (κ1) is 14.6. The van der Waals surface area contributed by atoms with Gasteiger partial charge in [-0.05, 0) is 23.8 Å². The topological polar surface area (TPSA) is 64.4 Å². The molecule has 0 spiro atoms. The van der Waals surface area contributed by atoms with Gasteiger partial charge in [0.1, 0.15) is 13.2 Å². The van der Waals surface area contributed by atoms with Crippen molar-refractivity contribution in [2.24, 2.45) is 0 Å². The van der Waals surface area contributed by atoms with Crippen LogP contribution in [0.3, 0.4) is 0 Å². The standard InChI is InChI=1S/C15H15N3O3S/c19-14-10-22-11-17(14)8-15(20)21-9-12-2-4-13(5-3-12)18-7-1-6-16-18/h1-7H,8-11H2. The summed E-state index contributed by atoms with van der Waals surface area (Å²) in [5.74, 6) is 0.617. The van der Waals surface area contributed by atoms with Crippen LogP contribution in [-0.4, -0.2) is 44.7 Å². The molecular formula is C15H15N3O3S. The summed E-state index contributed by atoms with van der Waals surface area (Å²) in [4.78, 5) is 24.7. The van der Waals surface area contributed by atoms with Crippen LogP contribution in [0.5, 0.6) is 0 Å². The van der Waals surface area contributed by atoms with Gasteiger partial charge >= 0.3 is 5.97 Å². The number of thioether (sulfide) groups is 1. The van der Waals surface area contributed by atoms with Crippen molar-refractivity contribution >= 4 is 23.6 Å². The molecule has 0 unspecified atom stereocenters. The molecule has 2 aromatic rings. The van der Waals surface area contributed by atoms with Crippen molar-refractivity contribution in [1.82, 2.24) is 14.7 Å². The number of aromatic nitrogens is 2. The van der Waals surface area contributed by atoms with Crippen LogP contribution >= 0.6 is 11.8 Å². The minimum atomic E-state index is -0.382. The Morgan fingerprint density at radius 3 is 2.77 bits per heavy atom. The Hall–Kier alpha value is -2.28. The molecule has 3 rings (SSSR count). The Balaban J connectivity index is 1.51. The van der Waals surface area contributed by atoms with Crippen LogP contribution in [-0.2, 0) is 20.9 Å². The third-order valence-electron chi connectivity index (χ3n) is 3.25. The maximum absolute atomic E-state index is 11.7. The van der Waals surface area contributed by atoms with E-state index in [0.29, 0.717) is 11.6 Å². The average molecular weight is 317 g/mol. The molecule has 2 heterocycles. The van der Waals surface area contributed by atoms with E-state index >= 15 is 0 Å². The third-order valence-corrected chi connectivity index (χ3v) is 4.20. The fraction of sp³-hybridized carbons (Fsp3) is 0.267. The molecule has 1 amide bonds. The Morgan fingerprint density at radius 2 is 2.14 bits per heavy atom. The molecule has 0 aliphatic carbocycles. The van der Waals surface area contributed by atoms with Gasteiger partial charge in [0.05, 0.1) is 17.3 Å². The van der Waals surface area contributed by atoms with E-state index < -0.39 is 0 Å². The highest BCUT2D eigenvalue weighted by molar-refractivity contribution is 8.00. The summed E-state index contributed by atoms with van der Waals surface area (Å²) >= 11 is 1.51. The van der Waals surface area contributed by atoms with Crippen LogP contribution in [0.2, 0.25) is 0 Å². The predicted octanol–water partition coefficient (Wildman–Crippen LogP) is 1.45. The monoisotopic (exact) mass is 317 g/mol. The summed E-state index contributed by atoms with van der Waals surface area (Å²) in [6.07, 6.45) is 3.58. The van der Waals surface area contributed by atoms with Crippen molar-refractivity contribution in [1.29, 1.82) is 0 Å². The van der Waals surface area contributed by atoms with Crippen LogP contribution < -0.4 is 0 Å². The third kappa shape index (κ3) is 3.48. The summed E-state index contributed by atoms with van der Waals surface area (Å²) in [5, 5.41) is 4.15. The van der Waals surface area contributed by atoms with Gasteiger partial charge in [-0.2, -0.15) is 5.10 Å². The molecule has 0 saturated carbocycles. The molecule has 6 nitrogen and oxygen atoms in total.